The summed E-state index contributed by atoms with van der Waals surface area (Å²) in [4.78, 5) is 30.3. The van der Waals surface area contributed by atoms with Crippen LogP contribution < -0.4 is 10.2 Å². The summed E-state index contributed by atoms with van der Waals surface area (Å²) in [7, 11) is -0.0771. The van der Waals surface area contributed by atoms with Crippen LogP contribution in [0.5, 0.6) is 0 Å². The van der Waals surface area contributed by atoms with Gasteiger partial charge < -0.3 is 9.88 Å². The molecule has 1 aliphatic rings. The molecule has 0 saturated carbocycles. The summed E-state index contributed by atoms with van der Waals surface area (Å²) in [6, 6.07) is 4.72. The van der Waals surface area contributed by atoms with Gasteiger partial charge in [0.2, 0.25) is 21.9 Å². The van der Waals surface area contributed by atoms with Crippen molar-refractivity contribution >= 4 is 38.9 Å². The van der Waals surface area contributed by atoms with Gasteiger partial charge in [0.15, 0.2) is 11.5 Å². The van der Waals surface area contributed by atoms with Gasteiger partial charge in [0, 0.05) is 33.1 Å². The Morgan fingerprint density at radius 1 is 1.19 bits per heavy atom. The predicted octanol–water partition coefficient (Wildman–Crippen LogP) is 1.60. The van der Waals surface area contributed by atoms with Crippen molar-refractivity contribution in [3.63, 3.8) is 0 Å². The number of rotatable bonds is 5. The molecular formula is C19H22FN7O3S. The first-order valence-electron chi connectivity index (χ1n) is 9.71. The molecule has 0 spiro atoms. The highest BCUT2D eigenvalue weighted by molar-refractivity contribution is 7.89. The van der Waals surface area contributed by atoms with E-state index in [-0.39, 0.29) is 35.8 Å². The molecule has 1 aliphatic heterocycles. The summed E-state index contributed by atoms with van der Waals surface area (Å²) in [6.45, 7) is 0.389. The average Bonchev–Trinajstić information content (AvgIpc) is 3.22. The SMILES string of the molecule is CN(C)c1nc(NC(=O)C2CCN(S(=O)(=O)c3ccc(F)cc3)CC2)nc2nc[nH]c12. The molecule has 12 heteroatoms. The van der Waals surface area contributed by atoms with E-state index in [0.29, 0.717) is 29.8 Å². The normalized spacial score (nSPS) is 15.8. The number of aromatic amines is 1. The Hall–Kier alpha value is -3.12. The molecule has 2 aromatic heterocycles. The number of nitrogens with zero attached hydrogens (tertiary/aromatic N) is 5. The van der Waals surface area contributed by atoms with Crippen LogP contribution in [-0.2, 0) is 14.8 Å². The van der Waals surface area contributed by atoms with Crippen LogP contribution in [0.25, 0.3) is 11.2 Å². The molecule has 3 heterocycles. The molecule has 1 aromatic carbocycles. The number of hydrogen-bond donors (Lipinski definition) is 2. The molecule has 164 valence electrons. The molecule has 0 bridgehead atoms. The number of halogens is 1. The van der Waals surface area contributed by atoms with E-state index in [1.807, 2.05) is 14.1 Å². The number of H-pyrrole nitrogens is 1. The summed E-state index contributed by atoms with van der Waals surface area (Å²) in [5, 5.41) is 2.73. The van der Waals surface area contributed by atoms with Gasteiger partial charge in [-0.3, -0.25) is 10.1 Å². The zero-order chi connectivity index (χ0) is 22.2. The number of imidazole rings is 1. The van der Waals surface area contributed by atoms with Crippen LogP contribution in [0.15, 0.2) is 35.5 Å². The van der Waals surface area contributed by atoms with Gasteiger partial charge in [-0.05, 0) is 37.1 Å². The maximum absolute atomic E-state index is 13.1. The number of nitrogens with one attached hydrogen (secondary N) is 2. The fraction of sp³-hybridized carbons (Fsp3) is 0.368. The third-order valence-electron chi connectivity index (χ3n) is 5.20. The number of benzene rings is 1. The van der Waals surface area contributed by atoms with E-state index >= 15 is 0 Å². The van der Waals surface area contributed by atoms with Crippen molar-refractivity contribution in [3.05, 3.63) is 36.4 Å². The van der Waals surface area contributed by atoms with Crippen LogP contribution in [0.2, 0.25) is 0 Å². The van der Waals surface area contributed by atoms with E-state index < -0.39 is 15.8 Å². The molecule has 3 aromatic rings. The molecule has 10 nitrogen and oxygen atoms in total. The Morgan fingerprint density at radius 3 is 2.52 bits per heavy atom. The van der Waals surface area contributed by atoms with Crippen molar-refractivity contribution in [1.29, 1.82) is 0 Å². The molecule has 31 heavy (non-hydrogen) atoms. The molecule has 1 amide bonds. The first-order chi connectivity index (χ1) is 14.8. The molecule has 0 radical (unpaired) electrons. The molecule has 2 N–H and O–H groups in total. The van der Waals surface area contributed by atoms with Crippen molar-refractivity contribution in [2.24, 2.45) is 5.92 Å². The zero-order valence-electron chi connectivity index (χ0n) is 17.0. The maximum Gasteiger partial charge on any atom is 0.243 e. The minimum atomic E-state index is -3.73. The Labute approximate surface area is 178 Å². The van der Waals surface area contributed by atoms with E-state index in [4.69, 9.17) is 0 Å². The van der Waals surface area contributed by atoms with Crippen molar-refractivity contribution in [1.82, 2.24) is 24.2 Å². The zero-order valence-corrected chi connectivity index (χ0v) is 17.9. The lowest BCUT2D eigenvalue weighted by Gasteiger charge is -2.30. The fourth-order valence-electron chi connectivity index (χ4n) is 3.52. The van der Waals surface area contributed by atoms with Crippen LogP contribution >= 0.6 is 0 Å². The number of amides is 1. The quantitative estimate of drug-likeness (QED) is 0.609. The number of carbonyl (C=O) groups is 1. The van der Waals surface area contributed by atoms with Crippen LogP contribution in [-0.4, -0.2) is 65.8 Å². The average molecular weight is 447 g/mol. The summed E-state index contributed by atoms with van der Waals surface area (Å²) in [5.41, 5.74) is 1.11. The second kappa shape index (κ2) is 8.19. The van der Waals surface area contributed by atoms with Gasteiger partial charge in [-0.15, -0.1) is 0 Å². The van der Waals surface area contributed by atoms with Crippen LogP contribution in [0.3, 0.4) is 0 Å². The van der Waals surface area contributed by atoms with Crippen molar-refractivity contribution < 1.29 is 17.6 Å². The van der Waals surface area contributed by atoms with E-state index in [0.717, 1.165) is 12.1 Å². The lowest BCUT2D eigenvalue weighted by atomic mass is 9.97. The molecule has 1 fully saturated rings. The first-order valence-corrected chi connectivity index (χ1v) is 11.1. The van der Waals surface area contributed by atoms with E-state index in [1.54, 1.807) is 4.90 Å². The van der Waals surface area contributed by atoms with Gasteiger partial charge in [-0.2, -0.15) is 14.3 Å². The monoisotopic (exact) mass is 447 g/mol. The van der Waals surface area contributed by atoms with Crippen LogP contribution in [0, 0.1) is 11.7 Å². The van der Waals surface area contributed by atoms with Gasteiger partial charge >= 0.3 is 0 Å². The minimum absolute atomic E-state index is 0.0359. The number of carbonyl (C=O) groups excluding carboxylic acids is 1. The fourth-order valence-corrected chi connectivity index (χ4v) is 4.99. The highest BCUT2D eigenvalue weighted by atomic mass is 32.2. The number of hydrogen-bond acceptors (Lipinski definition) is 7. The third kappa shape index (κ3) is 4.21. The molecular weight excluding hydrogens is 425 g/mol. The largest absolute Gasteiger partial charge is 0.361 e. The summed E-state index contributed by atoms with van der Waals surface area (Å²) in [5.74, 6) is -0.394. The Kier molecular flexibility index (Phi) is 5.58. The van der Waals surface area contributed by atoms with Gasteiger partial charge in [0.1, 0.15) is 11.3 Å². The summed E-state index contributed by atoms with van der Waals surface area (Å²) in [6.07, 6.45) is 2.23. The second-order valence-corrected chi connectivity index (χ2v) is 9.43. The topological polar surface area (TPSA) is 124 Å². The molecule has 4 rings (SSSR count). The number of anilines is 2. The predicted molar refractivity (Wildman–Crippen MR) is 113 cm³/mol. The molecule has 0 atom stereocenters. The van der Waals surface area contributed by atoms with E-state index in [9.17, 15) is 17.6 Å². The standard InChI is InChI=1S/C19H22FN7O3S/c1-26(2)17-15-16(22-11-21-15)23-19(24-17)25-18(28)12-7-9-27(10-8-12)31(29,30)14-5-3-13(20)4-6-14/h3-6,11-12H,7-10H2,1-2H3,(H2,21,22,23,24,25,28). The van der Waals surface area contributed by atoms with Crippen molar-refractivity contribution in [2.75, 3.05) is 37.4 Å². The highest BCUT2D eigenvalue weighted by Gasteiger charge is 2.32. The van der Waals surface area contributed by atoms with Gasteiger partial charge in [0.05, 0.1) is 11.2 Å². The second-order valence-electron chi connectivity index (χ2n) is 7.49. The maximum atomic E-state index is 13.1. The highest BCUT2D eigenvalue weighted by Crippen LogP contribution is 2.26. The lowest BCUT2D eigenvalue weighted by molar-refractivity contribution is -0.121. The Bertz CT molecular complexity index is 1200. The lowest BCUT2D eigenvalue weighted by Crippen LogP contribution is -2.41. The third-order valence-corrected chi connectivity index (χ3v) is 7.11. The van der Waals surface area contributed by atoms with Gasteiger partial charge in [-0.1, -0.05) is 0 Å². The van der Waals surface area contributed by atoms with E-state index in [1.165, 1.54) is 22.8 Å². The van der Waals surface area contributed by atoms with Crippen molar-refractivity contribution in [3.8, 4) is 0 Å². The van der Waals surface area contributed by atoms with Gasteiger partial charge in [0.25, 0.3) is 0 Å². The summed E-state index contributed by atoms with van der Waals surface area (Å²) >= 11 is 0. The molecule has 0 unspecified atom stereocenters. The van der Waals surface area contributed by atoms with Crippen molar-refractivity contribution in [2.45, 2.75) is 17.7 Å². The Morgan fingerprint density at radius 2 is 1.87 bits per heavy atom. The molecule has 0 aliphatic carbocycles. The smallest absolute Gasteiger partial charge is 0.243 e. The number of piperidine rings is 1. The Balaban J connectivity index is 1.43. The van der Waals surface area contributed by atoms with E-state index in [2.05, 4.69) is 25.3 Å². The number of aromatic nitrogens is 4. The van der Waals surface area contributed by atoms with Crippen LogP contribution in [0.4, 0.5) is 16.2 Å². The first kappa shape index (κ1) is 21.1. The summed E-state index contributed by atoms with van der Waals surface area (Å²) < 4.78 is 39.9. The molecule has 1 saturated heterocycles. The van der Waals surface area contributed by atoms with Crippen LogP contribution in [0.1, 0.15) is 12.8 Å². The number of fused-ring (bicyclic) bond motifs is 1. The minimum Gasteiger partial charge on any atom is -0.361 e. The number of sulfonamides is 1. The van der Waals surface area contributed by atoms with Gasteiger partial charge in [-0.25, -0.2) is 17.8 Å².